The first kappa shape index (κ1) is 13.4. The standard InChI is InChI=1S/C13H14BrClN2O/c1-7-4-11(9(3)18-7)8(2)17-10-5-12(14)13(15)16-6-10/h4-6,8,17H,1-3H3. The molecule has 1 atom stereocenters. The van der Waals surface area contributed by atoms with E-state index in [1.54, 1.807) is 6.20 Å². The largest absolute Gasteiger partial charge is 0.466 e. The number of furan rings is 1. The van der Waals surface area contributed by atoms with Gasteiger partial charge in [0.2, 0.25) is 0 Å². The van der Waals surface area contributed by atoms with Crippen molar-refractivity contribution in [2.24, 2.45) is 0 Å². The van der Waals surface area contributed by atoms with E-state index in [2.05, 4.69) is 33.2 Å². The number of rotatable bonds is 3. The van der Waals surface area contributed by atoms with Crippen molar-refractivity contribution in [1.82, 2.24) is 4.98 Å². The summed E-state index contributed by atoms with van der Waals surface area (Å²) in [6.45, 7) is 6.00. The van der Waals surface area contributed by atoms with Gasteiger partial charge in [-0.05, 0) is 48.8 Å². The maximum absolute atomic E-state index is 5.86. The van der Waals surface area contributed by atoms with Crippen LogP contribution in [0.3, 0.4) is 0 Å². The van der Waals surface area contributed by atoms with E-state index in [0.29, 0.717) is 5.15 Å². The van der Waals surface area contributed by atoms with Crippen LogP contribution < -0.4 is 5.32 Å². The zero-order valence-electron chi connectivity index (χ0n) is 10.4. The Kier molecular flexibility index (Phi) is 3.97. The van der Waals surface area contributed by atoms with Crippen LogP contribution in [0.5, 0.6) is 0 Å². The molecule has 0 aliphatic carbocycles. The van der Waals surface area contributed by atoms with Gasteiger partial charge in [-0.25, -0.2) is 4.98 Å². The van der Waals surface area contributed by atoms with Gasteiger partial charge < -0.3 is 9.73 Å². The average Bonchev–Trinajstić information content (AvgIpc) is 2.63. The number of pyridine rings is 1. The lowest BCUT2D eigenvalue weighted by atomic mass is 10.1. The lowest BCUT2D eigenvalue weighted by molar-refractivity contribution is 0.500. The predicted octanol–water partition coefficient (Wildman–Crippen LogP) is 4.88. The molecule has 18 heavy (non-hydrogen) atoms. The summed E-state index contributed by atoms with van der Waals surface area (Å²) in [5, 5.41) is 3.83. The van der Waals surface area contributed by atoms with Crippen molar-refractivity contribution in [3.63, 3.8) is 0 Å². The summed E-state index contributed by atoms with van der Waals surface area (Å²) < 4.78 is 6.31. The van der Waals surface area contributed by atoms with Crippen LogP contribution in [0.4, 0.5) is 5.69 Å². The Balaban J connectivity index is 2.18. The van der Waals surface area contributed by atoms with Crippen molar-refractivity contribution in [1.29, 1.82) is 0 Å². The monoisotopic (exact) mass is 328 g/mol. The molecular formula is C13H14BrClN2O. The van der Waals surface area contributed by atoms with Crippen molar-refractivity contribution < 1.29 is 4.42 Å². The lowest BCUT2D eigenvalue weighted by Crippen LogP contribution is -2.07. The van der Waals surface area contributed by atoms with Crippen molar-refractivity contribution in [2.75, 3.05) is 5.32 Å². The predicted molar refractivity (Wildman–Crippen MR) is 77.2 cm³/mol. The van der Waals surface area contributed by atoms with E-state index in [1.165, 1.54) is 0 Å². The number of aromatic nitrogens is 1. The number of anilines is 1. The van der Waals surface area contributed by atoms with Crippen LogP contribution in [-0.2, 0) is 0 Å². The third-order valence-electron chi connectivity index (χ3n) is 2.73. The summed E-state index contributed by atoms with van der Waals surface area (Å²) in [4.78, 5) is 4.09. The molecule has 0 amide bonds. The third kappa shape index (κ3) is 2.87. The molecule has 0 radical (unpaired) electrons. The number of halogens is 2. The molecule has 2 rings (SSSR count). The van der Waals surface area contributed by atoms with Crippen LogP contribution in [0.2, 0.25) is 5.15 Å². The molecule has 0 aromatic carbocycles. The van der Waals surface area contributed by atoms with Gasteiger partial charge >= 0.3 is 0 Å². The fourth-order valence-corrected chi connectivity index (χ4v) is 2.36. The Morgan fingerprint density at radius 1 is 1.39 bits per heavy atom. The second kappa shape index (κ2) is 5.33. The first-order chi connectivity index (χ1) is 8.47. The maximum atomic E-state index is 5.86. The Bertz CT molecular complexity index is 568. The minimum Gasteiger partial charge on any atom is -0.466 e. The van der Waals surface area contributed by atoms with Gasteiger partial charge in [-0.15, -0.1) is 0 Å². The molecule has 0 bridgehead atoms. The molecule has 0 aliphatic rings. The van der Waals surface area contributed by atoms with E-state index < -0.39 is 0 Å². The number of nitrogens with zero attached hydrogens (tertiary/aromatic N) is 1. The molecule has 0 fully saturated rings. The molecule has 1 unspecified atom stereocenters. The summed E-state index contributed by atoms with van der Waals surface area (Å²) in [6, 6.07) is 4.11. The van der Waals surface area contributed by atoms with E-state index in [0.717, 1.165) is 27.2 Å². The highest BCUT2D eigenvalue weighted by Crippen LogP contribution is 2.27. The zero-order valence-corrected chi connectivity index (χ0v) is 12.8. The fraction of sp³-hybridized carbons (Fsp3) is 0.308. The Morgan fingerprint density at radius 2 is 2.11 bits per heavy atom. The molecule has 96 valence electrons. The second-order valence-electron chi connectivity index (χ2n) is 4.23. The van der Waals surface area contributed by atoms with E-state index in [-0.39, 0.29) is 6.04 Å². The highest BCUT2D eigenvalue weighted by Gasteiger charge is 2.13. The molecule has 0 saturated heterocycles. The normalized spacial score (nSPS) is 12.5. The summed E-state index contributed by atoms with van der Waals surface area (Å²) in [6.07, 6.45) is 1.71. The third-order valence-corrected chi connectivity index (χ3v) is 3.86. The average molecular weight is 330 g/mol. The van der Waals surface area contributed by atoms with E-state index in [1.807, 2.05) is 26.0 Å². The number of hydrogen-bond acceptors (Lipinski definition) is 3. The molecule has 2 aromatic rings. The lowest BCUT2D eigenvalue weighted by Gasteiger charge is -2.14. The van der Waals surface area contributed by atoms with Crippen LogP contribution in [0.25, 0.3) is 0 Å². The SMILES string of the molecule is Cc1cc(C(C)Nc2cnc(Cl)c(Br)c2)c(C)o1. The van der Waals surface area contributed by atoms with E-state index in [4.69, 9.17) is 16.0 Å². The van der Waals surface area contributed by atoms with Crippen molar-refractivity contribution in [2.45, 2.75) is 26.8 Å². The molecule has 0 saturated carbocycles. The molecule has 1 N–H and O–H groups in total. The smallest absolute Gasteiger partial charge is 0.143 e. The van der Waals surface area contributed by atoms with Crippen LogP contribution in [0, 0.1) is 13.8 Å². The fourth-order valence-electron chi connectivity index (χ4n) is 1.91. The van der Waals surface area contributed by atoms with Gasteiger partial charge in [0.05, 0.1) is 22.4 Å². The zero-order chi connectivity index (χ0) is 13.3. The summed E-state index contributed by atoms with van der Waals surface area (Å²) in [5.41, 5.74) is 2.07. The van der Waals surface area contributed by atoms with Crippen LogP contribution in [0.15, 0.2) is 27.2 Å². The van der Waals surface area contributed by atoms with Crippen LogP contribution in [0.1, 0.15) is 30.0 Å². The first-order valence-corrected chi connectivity index (χ1v) is 6.79. The van der Waals surface area contributed by atoms with Gasteiger partial charge in [0.25, 0.3) is 0 Å². The minimum absolute atomic E-state index is 0.150. The van der Waals surface area contributed by atoms with Gasteiger partial charge in [0, 0.05) is 5.56 Å². The maximum Gasteiger partial charge on any atom is 0.143 e. The topological polar surface area (TPSA) is 38.1 Å². The Morgan fingerprint density at radius 3 is 2.67 bits per heavy atom. The summed E-state index contributed by atoms with van der Waals surface area (Å²) in [7, 11) is 0. The van der Waals surface area contributed by atoms with Gasteiger partial charge in [0.1, 0.15) is 16.7 Å². The first-order valence-electron chi connectivity index (χ1n) is 5.62. The second-order valence-corrected chi connectivity index (χ2v) is 5.44. The molecule has 2 aromatic heterocycles. The molecule has 2 heterocycles. The molecular weight excluding hydrogens is 316 g/mol. The Hall–Kier alpha value is -1.00. The quantitative estimate of drug-likeness (QED) is 0.816. The van der Waals surface area contributed by atoms with Gasteiger partial charge in [-0.1, -0.05) is 11.6 Å². The summed E-state index contributed by atoms with van der Waals surface area (Å²) in [5.74, 6) is 1.86. The minimum atomic E-state index is 0.150. The van der Waals surface area contributed by atoms with Crippen LogP contribution in [-0.4, -0.2) is 4.98 Å². The number of hydrogen-bond donors (Lipinski definition) is 1. The van der Waals surface area contributed by atoms with Crippen molar-refractivity contribution in [3.8, 4) is 0 Å². The van der Waals surface area contributed by atoms with E-state index in [9.17, 15) is 0 Å². The van der Waals surface area contributed by atoms with Crippen LogP contribution >= 0.6 is 27.5 Å². The highest BCUT2D eigenvalue weighted by molar-refractivity contribution is 9.10. The van der Waals surface area contributed by atoms with Gasteiger partial charge in [-0.2, -0.15) is 0 Å². The van der Waals surface area contributed by atoms with Crippen molar-refractivity contribution >= 4 is 33.2 Å². The molecule has 5 heteroatoms. The number of aryl methyl sites for hydroxylation is 2. The molecule has 0 spiro atoms. The number of nitrogens with one attached hydrogen (secondary N) is 1. The molecule has 3 nitrogen and oxygen atoms in total. The highest BCUT2D eigenvalue weighted by atomic mass is 79.9. The van der Waals surface area contributed by atoms with E-state index >= 15 is 0 Å². The molecule has 0 aliphatic heterocycles. The van der Waals surface area contributed by atoms with Gasteiger partial charge in [-0.3, -0.25) is 0 Å². The summed E-state index contributed by atoms with van der Waals surface area (Å²) >= 11 is 9.22. The van der Waals surface area contributed by atoms with Gasteiger partial charge in [0.15, 0.2) is 0 Å². The van der Waals surface area contributed by atoms with Crippen molar-refractivity contribution in [3.05, 3.63) is 45.0 Å². The Labute approximate surface area is 120 Å².